The third-order valence-corrected chi connectivity index (χ3v) is 5.94. The van der Waals surface area contributed by atoms with E-state index in [0.717, 1.165) is 11.8 Å². The summed E-state index contributed by atoms with van der Waals surface area (Å²) in [5.41, 5.74) is 1.58. The number of amides is 1. The SMILES string of the molecule is Cc1ccccc1NC(=O)C1(S(C)(=O)=O)CCNCC1. The molecule has 20 heavy (non-hydrogen) atoms. The van der Waals surface area contributed by atoms with E-state index in [1.165, 1.54) is 0 Å². The van der Waals surface area contributed by atoms with Crippen molar-refractivity contribution in [3.63, 3.8) is 0 Å². The molecule has 0 aliphatic carbocycles. The fourth-order valence-electron chi connectivity index (χ4n) is 2.55. The van der Waals surface area contributed by atoms with Gasteiger partial charge in [-0.2, -0.15) is 0 Å². The van der Waals surface area contributed by atoms with E-state index >= 15 is 0 Å². The van der Waals surface area contributed by atoms with E-state index < -0.39 is 20.5 Å². The zero-order valence-electron chi connectivity index (χ0n) is 11.8. The Kier molecular flexibility index (Phi) is 4.15. The number of carbonyl (C=O) groups is 1. The van der Waals surface area contributed by atoms with Crippen molar-refractivity contribution in [3.8, 4) is 0 Å². The van der Waals surface area contributed by atoms with E-state index in [0.29, 0.717) is 31.6 Å². The van der Waals surface area contributed by atoms with Gasteiger partial charge >= 0.3 is 0 Å². The van der Waals surface area contributed by atoms with E-state index in [1.54, 1.807) is 6.07 Å². The summed E-state index contributed by atoms with van der Waals surface area (Å²) in [5, 5.41) is 5.88. The minimum atomic E-state index is -3.47. The minimum Gasteiger partial charge on any atom is -0.324 e. The summed E-state index contributed by atoms with van der Waals surface area (Å²) in [4.78, 5) is 12.6. The second-order valence-electron chi connectivity index (χ2n) is 5.29. The van der Waals surface area contributed by atoms with E-state index in [2.05, 4.69) is 10.6 Å². The first-order valence-electron chi connectivity index (χ1n) is 6.64. The Bertz CT molecular complexity index is 605. The highest BCUT2D eigenvalue weighted by Gasteiger charge is 2.48. The molecule has 0 radical (unpaired) electrons. The van der Waals surface area contributed by atoms with Crippen LogP contribution in [0.15, 0.2) is 24.3 Å². The summed E-state index contributed by atoms with van der Waals surface area (Å²) < 4.78 is 23.0. The number of carbonyl (C=O) groups excluding carboxylic acids is 1. The summed E-state index contributed by atoms with van der Waals surface area (Å²) in [5.74, 6) is -0.421. The van der Waals surface area contributed by atoms with Crippen molar-refractivity contribution in [1.29, 1.82) is 0 Å². The van der Waals surface area contributed by atoms with Crippen LogP contribution in [0.5, 0.6) is 0 Å². The Morgan fingerprint density at radius 3 is 2.40 bits per heavy atom. The average molecular weight is 296 g/mol. The van der Waals surface area contributed by atoms with Gasteiger partial charge in [0.25, 0.3) is 0 Å². The fourth-order valence-corrected chi connectivity index (χ4v) is 3.88. The van der Waals surface area contributed by atoms with Gasteiger partial charge in [-0.05, 0) is 44.5 Å². The molecule has 1 heterocycles. The molecule has 0 aromatic heterocycles. The summed E-state index contributed by atoms with van der Waals surface area (Å²) in [6.45, 7) is 2.95. The van der Waals surface area contributed by atoms with Crippen LogP contribution in [0.2, 0.25) is 0 Å². The van der Waals surface area contributed by atoms with Crippen molar-refractivity contribution in [2.75, 3.05) is 24.7 Å². The lowest BCUT2D eigenvalue weighted by molar-refractivity contribution is -0.119. The smallest absolute Gasteiger partial charge is 0.245 e. The van der Waals surface area contributed by atoms with Crippen LogP contribution in [-0.4, -0.2) is 38.4 Å². The van der Waals surface area contributed by atoms with Crippen LogP contribution in [0.25, 0.3) is 0 Å². The maximum atomic E-state index is 12.6. The van der Waals surface area contributed by atoms with Gasteiger partial charge in [-0.15, -0.1) is 0 Å². The molecular weight excluding hydrogens is 276 g/mol. The molecule has 0 saturated carbocycles. The number of benzene rings is 1. The quantitative estimate of drug-likeness (QED) is 0.876. The molecule has 0 atom stereocenters. The molecule has 1 aliphatic rings. The monoisotopic (exact) mass is 296 g/mol. The third kappa shape index (κ3) is 2.71. The molecule has 1 fully saturated rings. The van der Waals surface area contributed by atoms with Crippen LogP contribution in [0, 0.1) is 6.92 Å². The first-order valence-corrected chi connectivity index (χ1v) is 8.53. The summed E-state index contributed by atoms with van der Waals surface area (Å²) in [6, 6.07) is 7.36. The molecule has 0 bridgehead atoms. The van der Waals surface area contributed by atoms with Crippen molar-refractivity contribution in [1.82, 2.24) is 5.32 Å². The number of hydrogen-bond donors (Lipinski definition) is 2. The number of piperidine rings is 1. The zero-order chi connectivity index (χ0) is 14.8. The number of sulfone groups is 1. The van der Waals surface area contributed by atoms with Crippen LogP contribution < -0.4 is 10.6 Å². The molecule has 1 saturated heterocycles. The van der Waals surface area contributed by atoms with Crippen LogP contribution in [0.4, 0.5) is 5.69 Å². The van der Waals surface area contributed by atoms with Gasteiger partial charge in [0, 0.05) is 11.9 Å². The van der Waals surface area contributed by atoms with Crippen molar-refractivity contribution < 1.29 is 13.2 Å². The van der Waals surface area contributed by atoms with Crippen molar-refractivity contribution in [3.05, 3.63) is 29.8 Å². The zero-order valence-corrected chi connectivity index (χ0v) is 12.6. The lowest BCUT2D eigenvalue weighted by atomic mass is 9.95. The second kappa shape index (κ2) is 5.54. The summed E-state index contributed by atoms with van der Waals surface area (Å²) in [7, 11) is -3.47. The number of nitrogens with one attached hydrogen (secondary N) is 2. The molecule has 0 spiro atoms. The largest absolute Gasteiger partial charge is 0.324 e. The Morgan fingerprint density at radius 1 is 1.25 bits per heavy atom. The van der Waals surface area contributed by atoms with Crippen LogP contribution >= 0.6 is 0 Å². The molecule has 1 amide bonds. The van der Waals surface area contributed by atoms with Gasteiger partial charge in [-0.25, -0.2) is 8.42 Å². The Balaban J connectivity index is 2.31. The molecule has 2 N–H and O–H groups in total. The maximum Gasteiger partial charge on any atom is 0.245 e. The molecular formula is C14H20N2O3S. The molecule has 1 aliphatic heterocycles. The number of anilines is 1. The molecule has 1 aromatic rings. The molecule has 5 nitrogen and oxygen atoms in total. The number of aryl methyl sites for hydroxylation is 1. The standard InChI is InChI=1S/C14H20N2O3S/c1-11-5-3-4-6-12(11)16-13(17)14(20(2,18)19)7-9-15-10-8-14/h3-6,15H,7-10H2,1-2H3,(H,16,17). The van der Waals surface area contributed by atoms with Gasteiger partial charge in [-0.1, -0.05) is 18.2 Å². The van der Waals surface area contributed by atoms with E-state index in [1.807, 2.05) is 25.1 Å². The molecule has 6 heteroatoms. The topological polar surface area (TPSA) is 75.3 Å². The van der Waals surface area contributed by atoms with E-state index in [-0.39, 0.29) is 0 Å². The number of rotatable bonds is 3. The maximum absolute atomic E-state index is 12.6. The number of para-hydroxylation sites is 1. The van der Waals surface area contributed by atoms with Gasteiger partial charge in [0.05, 0.1) is 0 Å². The summed E-state index contributed by atoms with van der Waals surface area (Å²) >= 11 is 0. The Morgan fingerprint density at radius 2 is 1.85 bits per heavy atom. The highest BCUT2D eigenvalue weighted by Crippen LogP contribution is 2.29. The Labute approximate surface area is 119 Å². The number of hydrogen-bond acceptors (Lipinski definition) is 4. The predicted molar refractivity (Wildman–Crippen MR) is 79.5 cm³/mol. The minimum absolute atomic E-state index is 0.309. The fraction of sp³-hybridized carbons (Fsp3) is 0.500. The Hall–Kier alpha value is -1.40. The first-order chi connectivity index (χ1) is 9.37. The second-order valence-corrected chi connectivity index (χ2v) is 7.61. The van der Waals surface area contributed by atoms with Gasteiger partial charge in [0.1, 0.15) is 0 Å². The molecule has 1 aromatic carbocycles. The summed E-state index contributed by atoms with van der Waals surface area (Å²) in [6.07, 6.45) is 1.77. The van der Waals surface area contributed by atoms with Crippen LogP contribution in [0.1, 0.15) is 18.4 Å². The highest BCUT2D eigenvalue weighted by atomic mass is 32.2. The van der Waals surface area contributed by atoms with Crippen LogP contribution in [-0.2, 0) is 14.6 Å². The molecule has 0 unspecified atom stereocenters. The van der Waals surface area contributed by atoms with Gasteiger partial charge < -0.3 is 10.6 Å². The first kappa shape index (κ1) is 15.0. The predicted octanol–water partition coefficient (Wildman–Crippen LogP) is 1.10. The molecule has 110 valence electrons. The van der Waals surface area contributed by atoms with Crippen LogP contribution in [0.3, 0.4) is 0 Å². The van der Waals surface area contributed by atoms with Crippen molar-refractivity contribution in [2.45, 2.75) is 24.5 Å². The van der Waals surface area contributed by atoms with Gasteiger partial charge in [0.15, 0.2) is 14.6 Å². The van der Waals surface area contributed by atoms with E-state index in [4.69, 9.17) is 0 Å². The molecule has 2 rings (SSSR count). The average Bonchev–Trinajstić information content (AvgIpc) is 2.41. The highest BCUT2D eigenvalue weighted by molar-refractivity contribution is 7.92. The van der Waals surface area contributed by atoms with Gasteiger partial charge in [0.2, 0.25) is 5.91 Å². The lowest BCUT2D eigenvalue weighted by Crippen LogP contribution is -2.55. The van der Waals surface area contributed by atoms with E-state index in [9.17, 15) is 13.2 Å². The lowest BCUT2D eigenvalue weighted by Gasteiger charge is -2.34. The van der Waals surface area contributed by atoms with Crippen molar-refractivity contribution >= 4 is 21.4 Å². The normalized spacial score (nSPS) is 18.5. The van der Waals surface area contributed by atoms with Gasteiger partial charge in [-0.3, -0.25) is 4.79 Å². The third-order valence-electron chi connectivity index (χ3n) is 3.93. The van der Waals surface area contributed by atoms with Crippen molar-refractivity contribution in [2.24, 2.45) is 0 Å².